The van der Waals surface area contributed by atoms with Gasteiger partial charge in [0.1, 0.15) is 0 Å². The van der Waals surface area contributed by atoms with Gasteiger partial charge >= 0.3 is 6.01 Å². The van der Waals surface area contributed by atoms with Crippen LogP contribution in [0.3, 0.4) is 0 Å². The van der Waals surface area contributed by atoms with Gasteiger partial charge in [0.2, 0.25) is 11.9 Å². The summed E-state index contributed by atoms with van der Waals surface area (Å²) in [6.07, 6.45) is 1.68. The van der Waals surface area contributed by atoms with Crippen molar-refractivity contribution in [1.82, 2.24) is 15.2 Å². The summed E-state index contributed by atoms with van der Waals surface area (Å²) in [5.41, 5.74) is 0. The van der Waals surface area contributed by atoms with Crippen LogP contribution >= 0.6 is 0 Å². The molecule has 1 aromatic rings. The van der Waals surface area contributed by atoms with E-state index in [1.54, 1.807) is 0 Å². The van der Waals surface area contributed by atoms with Crippen LogP contribution in [0.1, 0.15) is 19.8 Å². The van der Waals surface area contributed by atoms with Gasteiger partial charge in [-0.25, -0.2) is 5.10 Å². The minimum atomic E-state index is -0.139. The highest BCUT2D eigenvalue weighted by atomic mass is 16.5. The molecule has 7 nitrogen and oxygen atoms in total. The molecule has 0 bridgehead atoms. The first-order chi connectivity index (χ1) is 8.20. The Kier molecular flexibility index (Phi) is 3.58. The number of nitrogens with zero attached hydrogens (tertiary/aromatic N) is 2. The number of methoxy groups -OCH3 is 1. The van der Waals surface area contributed by atoms with Crippen molar-refractivity contribution in [2.45, 2.75) is 25.9 Å². The van der Waals surface area contributed by atoms with Crippen LogP contribution in [0.5, 0.6) is 6.01 Å². The van der Waals surface area contributed by atoms with E-state index in [9.17, 15) is 4.79 Å². The van der Waals surface area contributed by atoms with E-state index in [4.69, 9.17) is 9.47 Å². The highest BCUT2D eigenvalue weighted by molar-refractivity contribution is 5.91. The van der Waals surface area contributed by atoms with Crippen molar-refractivity contribution in [1.29, 1.82) is 0 Å². The van der Waals surface area contributed by atoms with Crippen LogP contribution in [-0.4, -0.2) is 40.9 Å². The molecule has 1 saturated heterocycles. The van der Waals surface area contributed by atoms with Gasteiger partial charge in [-0.15, -0.1) is 5.10 Å². The van der Waals surface area contributed by atoms with Crippen molar-refractivity contribution in [2.24, 2.45) is 5.92 Å². The van der Waals surface area contributed by atoms with Crippen LogP contribution in [0, 0.1) is 5.92 Å². The van der Waals surface area contributed by atoms with E-state index in [-0.39, 0.29) is 23.9 Å². The number of nitrogens with one attached hydrogen (secondary N) is 2. The Morgan fingerprint density at radius 1 is 1.65 bits per heavy atom. The zero-order valence-corrected chi connectivity index (χ0v) is 9.90. The highest BCUT2D eigenvalue weighted by Crippen LogP contribution is 2.21. The molecule has 0 aliphatic carbocycles. The predicted molar refractivity (Wildman–Crippen MR) is 59.7 cm³/mol. The normalized spacial score (nSPS) is 24.4. The van der Waals surface area contributed by atoms with Crippen LogP contribution in [0.25, 0.3) is 0 Å². The summed E-state index contributed by atoms with van der Waals surface area (Å²) >= 11 is 0. The summed E-state index contributed by atoms with van der Waals surface area (Å²) in [4.78, 5) is 15.9. The number of rotatable bonds is 3. The van der Waals surface area contributed by atoms with E-state index in [0.29, 0.717) is 5.95 Å². The van der Waals surface area contributed by atoms with E-state index in [2.05, 4.69) is 20.5 Å². The summed E-state index contributed by atoms with van der Waals surface area (Å²) in [6, 6.07) is 0.202. The number of H-pyrrole nitrogens is 1. The van der Waals surface area contributed by atoms with Crippen LogP contribution in [0.15, 0.2) is 0 Å². The molecule has 7 heteroatoms. The summed E-state index contributed by atoms with van der Waals surface area (Å²) in [5, 5.41) is 9.00. The number of ether oxygens (including phenoxy) is 2. The van der Waals surface area contributed by atoms with Crippen molar-refractivity contribution in [3.8, 4) is 6.01 Å². The van der Waals surface area contributed by atoms with Crippen molar-refractivity contribution < 1.29 is 14.3 Å². The van der Waals surface area contributed by atoms with Gasteiger partial charge in [-0.2, -0.15) is 4.98 Å². The molecule has 2 atom stereocenters. The second kappa shape index (κ2) is 5.13. The lowest BCUT2D eigenvalue weighted by Crippen LogP contribution is -2.36. The maximum Gasteiger partial charge on any atom is 0.336 e. The molecule has 1 aromatic heterocycles. The number of carbonyl (C=O) groups is 1. The van der Waals surface area contributed by atoms with Gasteiger partial charge < -0.3 is 9.47 Å². The summed E-state index contributed by atoms with van der Waals surface area (Å²) < 4.78 is 10.3. The largest absolute Gasteiger partial charge is 0.466 e. The van der Waals surface area contributed by atoms with Gasteiger partial charge in [-0.05, 0) is 19.8 Å². The molecule has 1 fully saturated rings. The SMILES string of the molecule is COc1n[nH]c(NC(=O)C2CCCOC2C)n1. The first-order valence-corrected chi connectivity index (χ1v) is 5.59. The highest BCUT2D eigenvalue weighted by Gasteiger charge is 2.29. The minimum absolute atomic E-state index is 0.0615. The van der Waals surface area contributed by atoms with E-state index in [1.807, 2.05) is 6.92 Å². The quantitative estimate of drug-likeness (QED) is 0.806. The summed E-state index contributed by atoms with van der Waals surface area (Å²) in [6.45, 7) is 2.63. The number of hydrogen-bond acceptors (Lipinski definition) is 5. The van der Waals surface area contributed by atoms with Gasteiger partial charge in [0.05, 0.1) is 19.1 Å². The molecule has 17 heavy (non-hydrogen) atoms. The molecule has 1 amide bonds. The van der Waals surface area contributed by atoms with E-state index >= 15 is 0 Å². The third-order valence-electron chi connectivity index (χ3n) is 2.83. The van der Waals surface area contributed by atoms with E-state index < -0.39 is 0 Å². The fourth-order valence-corrected chi connectivity index (χ4v) is 1.87. The molecule has 2 unspecified atom stereocenters. The number of hydrogen-bond donors (Lipinski definition) is 2. The number of anilines is 1. The Morgan fingerprint density at radius 2 is 2.47 bits per heavy atom. The minimum Gasteiger partial charge on any atom is -0.466 e. The first kappa shape index (κ1) is 11.8. The maximum atomic E-state index is 12.0. The average molecular weight is 240 g/mol. The van der Waals surface area contributed by atoms with Gasteiger partial charge in [0.25, 0.3) is 0 Å². The van der Waals surface area contributed by atoms with Crippen LogP contribution in [0.2, 0.25) is 0 Å². The number of carbonyl (C=O) groups excluding carboxylic acids is 1. The molecular formula is C10H16N4O3. The molecule has 0 saturated carbocycles. The second-order valence-electron chi connectivity index (χ2n) is 3.98. The lowest BCUT2D eigenvalue weighted by atomic mass is 9.94. The third kappa shape index (κ3) is 2.73. The van der Waals surface area contributed by atoms with Crippen molar-refractivity contribution in [2.75, 3.05) is 19.0 Å². The lowest BCUT2D eigenvalue weighted by Gasteiger charge is -2.27. The molecule has 2 rings (SSSR count). The van der Waals surface area contributed by atoms with Gasteiger partial charge in [-0.1, -0.05) is 0 Å². The van der Waals surface area contributed by atoms with E-state index in [1.165, 1.54) is 7.11 Å². The van der Waals surface area contributed by atoms with E-state index in [0.717, 1.165) is 19.4 Å². The fourth-order valence-electron chi connectivity index (χ4n) is 1.87. The molecule has 0 radical (unpaired) electrons. The Labute approximate surface area is 98.9 Å². The molecule has 1 aliphatic rings. The summed E-state index contributed by atoms with van der Waals surface area (Å²) in [5.74, 6) is 0.0560. The first-order valence-electron chi connectivity index (χ1n) is 5.59. The second-order valence-corrected chi connectivity index (χ2v) is 3.98. The van der Waals surface area contributed by atoms with Gasteiger partial charge in [0, 0.05) is 6.61 Å². The fraction of sp³-hybridized carbons (Fsp3) is 0.700. The Hall–Kier alpha value is -1.63. The molecule has 0 spiro atoms. The smallest absolute Gasteiger partial charge is 0.336 e. The van der Waals surface area contributed by atoms with Crippen molar-refractivity contribution in [3.05, 3.63) is 0 Å². The summed E-state index contributed by atoms with van der Waals surface area (Å²) in [7, 11) is 1.46. The number of aromatic nitrogens is 3. The molecule has 2 N–H and O–H groups in total. The molecular weight excluding hydrogens is 224 g/mol. The number of amides is 1. The molecule has 94 valence electrons. The van der Waals surface area contributed by atoms with Crippen molar-refractivity contribution >= 4 is 11.9 Å². The zero-order valence-electron chi connectivity index (χ0n) is 9.90. The lowest BCUT2D eigenvalue weighted by molar-refractivity contribution is -0.127. The Bertz CT molecular complexity index is 393. The zero-order chi connectivity index (χ0) is 12.3. The molecule has 0 aromatic carbocycles. The predicted octanol–water partition coefficient (Wildman–Crippen LogP) is 0.567. The average Bonchev–Trinajstić information content (AvgIpc) is 2.77. The molecule has 2 heterocycles. The van der Waals surface area contributed by atoms with Gasteiger partial charge in [0.15, 0.2) is 0 Å². The van der Waals surface area contributed by atoms with Crippen molar-refractivity contribution in [3.63, 3.8) is 0 Å². The van der Waals surface area contributed by atoms with Crippen LogP contribution in [-0.2, 0) is 9.53 Å². The third-order valence-corrected chi connectivity index (χ3v) is 2.83. The molecule has 1 aliphatic heterocycles. The monoisotopic (exact) mass is 240 g/mol. The van der Waals surface area contributed by atoms with Crippen LogP contribution in [0.4, 0.5) is 5.95 Å². The van der Waals surface area contributed by atoms with Crippen LogP contribution < -0.4 is 10.1 Å². The van der Waals surface area contributed by atoms with Gasteiger partial charge in [-0.3, -0.25) is 10.1 Å². The number of aromatic amines is 1. The Morgan fingerprint density at radius 3 is 3.12 bits per heavy atom. The maximum absolute atomic E-state index is 12.0. The topological polar surface area (TPSA) is 89.1 Å². The Balaban J connectivity index is 1.95. The standard InChI is InChI=1S/C10H16N4O3/c1-6-7(4-3-5-17-6)8(15)11-9-12-10(16-2)14-13-9/h6-7H,3-5H2,1-2H3,(H2,11,12,13,14,15).